The molecule has 148 valence electrons. The third-order valence-corrected chi connectivity index (χ3v) is 5.43. The summed E-state index contributed by atoms with van der Waals surface area (Å²) in [5.74, 6) is 0.692. The Bertz CT molecular complexity index is 1550. The highest BCUT2D eigenvalue weighted by Gasteiger charge is 2.16. The average molecular weight is 402 g/mol. The molecule has 0 bridgehead atoms. The van der Waals surface area contributed by atoms with E-state index >= 15 is 0 Å². The smallest absolute Gasteiger partial charge is 0.161 e. The van der Waals surface area contributed by atoms with Crippen molar-refractivity contribution in [2.45, 2.75) is 6.92 Å². The van der Waals surface area contributed by atoms with Gasteiger partial charge >= 0.3 is 0 Å². The molecule has 0 saturated carbocycles. The molecule has 0 aliphatic heterocycles. The molecule has 31 heavy (non-hydrogen) atoms. The van der Waals surface area contributed by atoms with Gasteiger partial charge in [0, 0.05) is 23.5 Å². The van der Waals surface area contributed by atoms with E-state index in [1.807, 2.05) is 42.6 Å². The minimum atomic E-state index is 0.692. The molecule has 0 amide bonds. The fraction of sp³-hybridized carbons (Fsp3) is 0.0400. The van der Waals surface area contributed by atoms with Crippen LogP contribution in [0.1, 0.15) is 5.56 Å². The summed E-state index contributed by atoms with van der Waals surface area (Å²) in [4.78, 5) is 17.4. The number of H-pyrrole nitrogens is 2. The number of fused-ring (bicyclic) bond motifs is 2. The van der Waals surface area contributed by atoms with Crippen molar-refractivity contribution in [1.82, 2.24) is 30.1 Å². The van der Waals surface area contributed by atoms with Crippen LogP contribution in [0.15, 0.2) is 79.1 Å². The van der Waals surface area contributed by atoms with Crippen LogP contribution < -0.4 is 0 Å². The van der Waals surface area contributed by atoms with Gasteiger partial charge in [0.05, 0.1) is 22.2 Å². The fourth-order valence-electron chi connectivity index (χ4n) is 3.93. The number of benzene rings is 2. The number of hydrogen-bond acceptors (Lipinski definition) is 4. The van der Waals surface area contributed by atoms with Crippen molar-refractivity contribution in [3.63, 3.8) is 0 Å². The Labute approximate surface area is 178 Å². The van der Waals surface area contributed by atoms with E-state index in [1.165, 1.54) is 5.56 Å². The second kappa shape index (κ2) is 6.88. The minimum absolute atomic E-state index is 0.692. The van der Waals surface area contributed by atoms with Gasteiger partial charge in [0.1, 0.15) is 5.52 Å². The number of nitrogens with zero attached hydrogens (tertiary/aromatic N) is 4. The highest BCUT2D eigenvalue weighted by atomic mass is 15.1. The minimum Gasteiger partial charge on any atom is -0.336 e. The first-order valence-electron chi connectivity index (χ1n) is 10.1. The van der Waals surface area contributed by atoms with Crippen LogP contribution in [0.25, 0.3) is 56.0 Å². The standard InChI is InChI=1S/C25H18N6/c1-15-5-2-6-16(13-15)18-8-3-9-20-22(18)29-25(28-20)24-23-21(30-31-24)11-10-19(27-23)17-7-4-12-26-14-17/h2-14H,1H3,(H,28,29)(H,30,31). The molecule has 0 atom stereocenters. The van der Waals surface area contributed by atoms with Crippen LogP contribution >= 0.6 is 0 Å². The van der Waals surface area contributed by atoms with E-state index < -0.39 is 0 Å². The number of nitrogens with one attached hydrogen (secondary N) is 2. The molecule has 4 aromatic heterocycles. The van der Waals surface area contributed by atoms with Gasteiger partial charge in [-0.2, -0.15) is 5.10 Å². The van der Waals surface area contributed by atoms with Crippen molar-refractivity contribution in [3.8, 4) is 33.9 Å². The maximum Gasteiger partial charge on any atom is 0.161 e. The Morgan fingerprint density at radius 3 is 2.55 bits per heavy atom. The molecular weight excluding hydrogens is 384 g/mol. The third kappa shape index (κ3) is 2.97. The zero-order chi connectivity index (χ0) is 20.8. The van der Waals surface area contributed by atoms with Crippen LogP contribution in [0, 0.1) is 6.92 Å². The first kappa shape index (κ1) is 17.5. The number of aromatic nitrogens is 6. The summed E-state index contributed by atoms with van der Waals surface area (Å²) in [6.45, 7) is 2.10. The van der Waals surface area contributed by atoms with Crippen LogP contribution in [-0.4, -0.2) is 30.1 Å². The van der Waals surface area contributed by atoms with Crippen LogP contribution in [0.4, 0.5) is 0 Å². The number of aryl methyl sites for hydroxylation is 1. The summed E-state index contributed by atoms with van der Waals surface area (Å²) in [5, 5.41) is 7.59. The maximum absolute atomic E-state index is 4.92. The molecule has 0 spiro atoms. The SMILES string of the molecule is Cc1cccc(-c2cccc3[nH]c(-c4n[nH]c5ccc(-c6cccnc6)nc45)nc23)c1. The van der Waals surface area contributed by atoms with Gasteiger partial charge in [0.2, 0.25) is 0 Å². The molecule has 6 nitrogen and oxygen atoms in total. The predicted molar refractivity (Wildman–Crippen MR) is 122 cm³/mol. The van der Waals surface area contributed by atoms with E-state index in [4.69, 9.17) is 9.97 Å². The largest absolute Gasteiger partial charge is 0.336 e. The maximum atomic E-state index is 4.92. The Balaban J connectivity index is 1.52. The molecule has 0 fully saturated rings. The highest BCUT2D eigenvalue weighted by Crippen LogP contribution is 2.32. The number of hydrogen-bond donors (Lipinski definition) is 2. The zero-order valence-corrected chi connectivity index (χ0v) is 16.8. The lowest BCUT2D eigenvalue weighted by Crippen LogP contribution is -1.87. The van der Waals surface area contributed by atoms with Crippen LogP contribution in [-0.2, 0) is 0 Å². The zero-order valence-electron chi connectivity index (χ0n) is 16.8. The van der Waals surface area contributed by atoms with Crippen molar-refractivity contribution >= 4 is 22.1 Å². The van der Waals surface area contributed by atoms with E-state index in [1.54, 1.807) is 6.20 Å². The van der Waals surface area contributed by atoms with Crippen LogP contribution in [0.3, 0.4) is 0 Å². The fourth-order valence-corrected chi connectivity index (χ4v) is 3.93. The Morgan fingerprint density at radius 1 is 0.774 bits per heavy atom. The van der Waals surface area contributed by atoms with Gasteiger partial charge in [-0.3, -0.25) is 10.1 Å². The Hall–Kier alpha value is -4.32. The molecule has 2 N–H and O–H groups in total. The van der Waals surface area contributed by atoms with Crippen molar-refractivity contribution in [3.05, 3.63) is 84.7 Å². The van der Waals surface area contributed by atoms with Gasteiger partial charge < -0.3 is 4.98 Å². The lowest BCUT2D eigenvalue weighted by Gasteiger charge is -2.03. The second-order valence-electron chi connectivity index (χ2n) is 7.56. The number of aromatic amines is 2. The number of para-hydroxylation sites is 1. The highest BCUT2D eigenvalue weighted by molar-refractivity contribution is 5.96. The van der Waals surface area contributed by atoms with E-state index in [0.29, 0.717) is 11.5 Å². The first-order chi connectivity index (χ1) is 15.3. The van der Waals surface area contributed by atoms with Crippen LogP contribution in [0.2, 0.25) is 0 Å². The number of imidazole rings is 1. The molecule has 6 aromatic rings. The monoisotopic (exact) mass is 402 g/mol. The molecule has 0 radical (unpaired) electrons. The van der Waals surface area contributed by atoms with E-state index in [9.17, 15) is 0 Å². The number of pyridine rings is 2. The Morgan fingerprint density at radius 2 is 1.68 bits per heavy atom. The molecule has 4 heterocycles. The molecule has 2 aromatic carbocycles. The molecule has 6 heteroatoms. The number of rotatable bonds is 3. The average Bonchev–Trinajstić information content (AvgIpc) is 3.43. The summed E-state index contributed by atoms with van der Waals surface area (Å²) < 4.78 is 0. The van der Waals surface area contributed by atoms with Crippen molar-refractivity contribution in [1.29, 1.82) is 0 Å². The quantitative estimate of drug-likeness (QED) is 0.407. The molecule has 6 rings (SSSR count). The van der Waals surface area contributed by atoms with E-state index in [-0.39, 0.29) is 0 Å². The van der Waals surface area contributed by atoms with Crippen molar-refractivity contribution < 1.29 is 0 Å². The van der Waals surface area contributed by atoms with E-state index in [2.05, 4.69) is 57.4 Å². The van der Waals surface area contributed by atoms with Crippen LogP contribution in [0.5, 0.6) is 0 Å². The van der Waals surface area contributed by atoms with Gasteiger partial charge in [-0.15, -0.1) is 0 Å². The topological polar surface area (TPSA) is 83.1 Å². The van der Waals surface area contributed by atoms with E-state index in [0.717, 1.165) is 44.5 Å². The summed E-state index contributed by atoms with van der Waals surface area (Å²) in [7, 11) is 0. The van der Waals surface area contributed by atoms with Gasteiger partial charge in [0.25, 0.3) is 0 Å². The van der Waals surface area contributed by atoms with Gasteiger partial charge in [-0.1, -0.05) is 42.0 Å². The first-order valence-corrected chi connectivity index (χ1v) is 10.1. The lowest BCUT2D eigenvalue weighted by molar-refractivity contribution is 1.10. The molecule has 0 aliphatic rings. The third-order valence-electron chi connectivity index (χ3n) is 5.43. The van der Waals surface area contributed by atoms with Gasteiger partial charge in [0.15, 0.2) is 11.5 Å². The predicted octanol–water partition coefficient (Wildman–Crippen LogP) is 5.54. The summed E-state index contributed by atoms with van der Waals surface area (Å²) in [5.41, 5.74) is 9.49. The summed E-state index contributed by atoms with van der Waals surface area (Å²) in [6, 6.07) is 22.5. The molecule has 0 unspecified atom stereocenters. The van der Waals surface area contributed by atoms with Crippen molar-refractivity contribution in [2.24, 2.45) is 0 Å². The lowest BCUT2D eigenvalue weighted by atomic mass is 10.0. The molecule has 0 aliphatic carbocycles. The van der Waals surface area contributed by atoms with Gasteiger partial charge in [-0.05, 0) is 42.8 Å². The second-order valence-corrected chi connectivity index (χ2v) is 7.56. The van der Waals surface area contributed by atoms with Gasteiger partial charge in [-0.25, -0.2) is 9.97 Å². The summed E-state index contributed by atoms with van der Waals surface area (Å²) >= 11 is 0. The Kier molecular flexibility index (Phi) is 3.89. The summed E-state index contributed by atoms with van der Waals surface area (Å²) in [6.07, 6.45) is 3.56. The molecule has 0 saturated heterocycles. The molecular formula is C25H18N6. The van der Waals surface area contributed by atoms with Crippen molar-refractivity contribution in [2.75, 3.05) is 0 Å². The normalized spacial score (nSPS) is 11.4.